The maximum Gasteiger partial charge on any atom is 0.240 e. The molecular weight excluding hydrogens is 338 g/mol. The summed E-state index contributed by atoms with van der Waals surface area (Å²) in [5.41, 5.74) is 2.01. The summed E-state index contributed by atoms with van der Waals surface area (Å²) in [6, 6.07) is 13.7. The van der Waals surface area contributed by atoms with E-state index in [1.54, 1.807) is 13.3 Å². The number of benzene rings is 1. The molecule has 1 atom stereocenters. The van der Waals surface area contributed by atoms with Crippen molar-refractivity contribution in [2.45, 2.75) is 44.8 Å². The molecule has 1 amide bonds. The molecule has 1 aromatic heterocycles. The van der Waals surface area contributed by atoms with Crippen LogP contribution in [-0.2, 0) is 17.9 Å². The third-order valence-corrected chi connectivity index (χ3v) is 5.23. The molecular formula is C22H29N3O2. The monoisotopic (exact) mass is 367 g/mol. The van der Waals surface area contributed by atoms with Gasteiger partial charge >= 0.3 is 0 Å². The molecule has 0 bridgehead atoms. The van der Waals surface area contributed by atoms with Crippen LogP contribution in [0.25, 0.3) is 0 Å². The Balaban J connectivity index is 1.80. The zero-order valence-corrected chi connectivity index (χ0v) is 16.3. The van der Waals surface area contributed by atoms with Gasteiger partial charge in [-0.3, -0.25) is 14.7 Å². The quantitative estimate of drug-likeness (QED) is 0.784. The van der Waals surface area contributed by atoms with Gasteiger partial charge in [0.15, 0.2) is 0 Å². The standard InChI is InChI=1S/C22H29N3O2/c1-24-15-7-3-4-9-21(24)22(26)25(17-19-8-5-6-14-23-19)16-18-10-12-20(27-2)13-11-18/h5-6,8,10-14,21H,3-4,7,9,15-17H2,1-2H3/t21-/m0/s1. The molecule has 5 heteroatoms. The molecule has 3 rings (SSSR count). The number of carbonyl (C=O) groups excluding carboxylic acids is 1. The van der Waals surface area contributed by atoms with Gasteiger partial charge in [-0.15, -0.1) is 0 Å². The summed E-state index contributed by atoms with van der Waals surface area (Å²) >= 11 is 0. The second-order valence-electron chi connectivity index (χ2n) is 7.21. The molecule has 27 heavy (non-hydrogen) atoms. The molecule has 1 fully saturated rings. The third-order valence-electron chi connectivity index (χ3n) is 5.23. The van der Waals surface area contributed by atoms with Crippen LogP contribution in [0.3, 0.4) is 0 Å². The number of pyridine rings is 1. The summed E-state index contributed by atoms with van der Waals surface area (Å²) < 4.78 is 5.24. The second-order valence-corrected chi connectivity index (χ2v) is 7.21. The van der Waals surface area contributed by atoms with Crippen molar-refractivity contribution in [3.8, 4) is 5.75 Å². The Morgan fingerprint density at radius 3 is 2.67 bits per heavy atom. The lowest BCUT2D eigenvalue weighted by Gasteiger charge is -2.31. The SMILES string of the molecule is COc1ccc(CN(Cc2ccccn2)C(=O)[C@@H]2CCCCCN2C)cc1. The maximum absolute atomic E-state index is 13.4. The van der Waals surface area contributed by atoms with E-state index in [-0.39, 0.29) is 11.9 Å². The fourth-order valence-electron chi connectivity index (χ4n) is 3.62. The van der Waals surface area contributed by atoms with Gasteiger partial charge in [-0.05, 0) is 56.3 Å². The molecule has 0 N–H and O–H groups in total. The van der Waals surface area contributed by atoms with Gasteiger partial charge in [0.25, 0.3) is 0 Å². The Bertz CT molecular complexity index is 718. The zero-order valence-electron chi connectivity index (χ0n) is 16.3. The maximum atomic E-state index is 13.4. The number of amides is 1. The molecule has 1 aromatic carbocycles. The van der Waals surface area contributed by atoms with E-state index >= 15 is 0 Å². The van der Waals surface area contributed by atoms with Crippen LogP contribution in [0, 0.1) is 0 Å². The first-order valence-corrected chi connectivity index (χ1v) is 9.69. The molecule has 0 aliphatic carbocycles. The molecule has 0 unspecified atom stereocenters. The van der Waals surface area contributed by atoms with E-state index in [1.807, 2.05) is 47.4 Å². The summed E-state index contributed by atoms with van der Waals surface area (Å²) in [6.07, 6.45) is 6.19. The summed E-state index contributed by atoms with van der Waals surface area (Å²) in [5.74, 6) is 1.02. The first kappa shape index (κ1) is 19.4. The largest absolute Gasteiger partial charge is 0.497 e. The van der Waals surface area contributed by atoms with E-state index < -0.39 is 0 Å². The Kier molecular flexibility index (Phi) is 6.82. The van der Waals surface area contributed by atoms with Crippen LogP contribution >= 0.6 is 0 Å². The van der Waals surface area contributed by atoms with E-state index in [4.69, 9.17) is 4.74 Å². The topological polar surface area (TPSA) is 45.7 Å². The minimum atomic E-state index is -0.0468. The number of methoxy groups -OCH3 is 1. The van der Waals surface area contributed by atoms with Crippen LogP contribution in [0.5, 0.6) is 5.75 Å². The van der Waals surface area contributed by atoms with E-state index in [2.05, 4.69) is 16.9 Å². The number of rotatable bonds is 6. The van der Waals surface area contributed by atoms with Gasteiger partial charge in [0.1, 0.15) is 5.75 Å². The smallest absolute Gasteiger partial charge is 0.240 e. The highest BCUT2D eigenvalue weighted by Crippen LogP contribution is 2.20. The number of nitrogens with zero attached hydrogens (tertiary/aromatic N) is 3. The molecule has 1 aliphatic rings. The molecule has 2 aromatic rings. The van der Waals surface area contributed by atoms with Crippen LogP contribution in [0.15, 0.2) is 48.7 Å². The average molecular weight is 367 g/mol. The summed E-state index contributed by atoms with van der Waals surface area (Å²) in [4.78, 5) is 22.0. The van der Waals surface area contributed by atoms with E-state index in [9.17, 15) is 4.79 Å². The van der Waals surface area contributed by atoms with Gasteiger partial charge in [0, 0.05) is 12.7 Å². The third kappa shape index (κ3) is 5.30. The fourth-order valence-corrected chi connectivity index (χ4v) is 3.62. The van der Waals surface area contributed by atoms with Gasteiger partial charge in [-0.25, -0.2) is 0 Å². The lowest BCUT2D eigenvalue weighted by molar-refractivity contribution is -0.138. The second kappa shape index (κ2) is 9.51. The van der Waals surface area contributed by atoms with Crippen molar-refractivity contribution in [3.05, 3.63) is 59.9 Å². The normalized spacial score (nSPS) is 17.9. The number of likely N-dealkylation sites (tertiary alicyclic amines) is 1. The Hall–Kier alpha value is -2.40. The van der Waals surface area contributed by atoms with Crippen LogP contribution in [-0.4, -0.2) is 47.4 Å². The van der Waals surface area contributed by atoms with Gasteiger partial charge < -0.3 is 9.64 Å². The predicted octanol–water partition coefficient (Wildman–Crippen LogP) is 3.49. The number of likely N-dealkylation sites (N-methyl/N-ethyl adjacent to an activating group) is 1. The predicted molar refractivity (Wildman–Crippen MR) is 106 cm³/mol. The Labute approximate surface area is 162 Å². The van der Waals surface area contributed by atoms with Crippen molar-refractivity contribution in [3.63, 3.8) is 0 Å². The van der Waals surface area contributed by atoms with Gasteiger partial charge in [-0.1, -0.05) is 31.0 Å². The van der Waals surface area contributed by atoms with Gasteiger partial charge in [-0.2, -0.15) is 0 Å². The highest BCUT2D eigenvalue weighted by atomic mass is 16.5. The number of carbonyl (C=O) groups is 1. The van der Waals surface area contributed by atoms with Crippen LogP contribution in [0.2, 0.25) is 0 Å². The summed E-state index contributed by atoms with van der Waals surface area (Å²) in [6.45, 7) is 2.08. The van der Waals surface area contributed by atoms with Crippen LogP contribution in [0.4, 0.5) is 0 Å². The molecule has 0 radical (unpaired) electrons. The minimum Gasteiger partial charge on any atom is -0.497 e. The lowest BCUT2D eigenvalue weighted by Crippen LogP contribution is -2.46. The van der Waals surface area contributed by atoms with Crippen molar-refractivity contribution < 1.29 is 9.53 Å². The van der Waals surface area contributed by atoms with E-state index in [0.29, 0.717) is 13.1 Å². The minimum absolute atomic E-state index is 0.0468. The van der Waals surface area contributed by atoms with E-state index in [1.165, 1.54) is 12.8 Å². The Morgan fingerprint density at radius 2 is 1.96 bits per heavy atom. The van der Waals surface area contributed by atoms with Crippen molar-refractivity contribution in [2.75, 3.05) is 20.7 Å². The molecule has 144 valence electrons. The fraction of sp³-hybridized carbons (Fsp3) is 0.455. The molecule has 0 saturated carbocycles. The van der Waals surface area contributed by atoms with Crippen molar-refractivity contribution >= 4 is 5.91 Å². The number of hydrogen-bond acceptors (Lipinski definition) is 4. The first-order valence-electron chi connectivity index (χ1n) is 9.69. The van der Waals surface area contributed by atoms with Crippen molar-refractivity contribution in [2.24, 2.45) is 0 Å². The van der Waals surface area contributed by atoms with Gasteiger partial charge in [0.05, 0.1) is 25.4 Å². The van der Waals surface area contributed by atoms with Crippen molar-refractivity contribution in [1.29, 1.82) is 0 Å². The van der Waals surface area contributed by atoms with E-state index in [0.717, 1.165) is 36.4 Å². The highest BCUT2D eigenvalue weighted by molar-refractivity contribution is 5.82. The number of ether oxygens (including phenoxy) is 1. The molecule has 2 heterocycles. The van der Waals surface area contributed by atoms with Crippen LogP contribution in [0.1, 0.15) is 36.9 Å². The van der Waals surface area contributed by atoms with Crippen LogP contribution < -0.4 is 4.74 Å². The zero-order chi connectivity index (χ0) is 19.1. The molecule has 0 spiro atoms. The summed E-state index contributed by atoms with van der Waals surface area (Å²) in [5, 5.41) is 0. The van der Waals surface area contributed by atoms with Crippen molar-refractivity contribution in [1.82, 2.24) is 14.8 Å². The molecule has 1 aliphatic heterocycles. The number of aromatic nitrogens is 1. The summed E-state index contributed by atoms with van der Waals surface area (Å²) in [7, 11) is 3.73. The Morgan fingerprint density at radius 1 is 1.15 bits per heavy atom. The first-order chi connectivity index (χ1) is 13.2. The number of hydrogen-bond donors (Lipinski definition) is 0. The van der Waals surface area contributed by atoms with Gasteiger partial charge in [0.2, 0.25) is 5.91 Å². The highest BCUT2D eigenvalue weighted by Gasteiger charge is 2.29. The molecule has 5 nitrogen and oxygen atoms in total. The average Bonchev–Trinajstić information content (AvgIpc) is 2.92. The lowest BCUT2D eigenvalue weighted by atomic mass is 10.1. The molecule has 1 saturated heterocycles.